The van der Waals surface area contributed by atoms with E-state index in [0.717, 1.165) is 13.0 Å². The van der Waals surface area contributed by atoms with Crippen LogP contribution in [-0.4, -0.2) is 31.1 Å². The van der Waals surface area contributed by atoms with E-state index < -0.39 is 0 Å². The van der Waals surface area contributed by atoms with E-state index in [1.807, 2.05) is 11.5 Å². The van der Waals surface area contributed by atoms with Crippen LogP contribution in [0.15, 0.2) is 12.3 Å². The molecule has 8 heteroatoms. The molecule has 8 nitrogen and oxygen atoms in total. The zero-order valence-corrected chi connectivity index (χ0v) is 10.1. The molecule has 0 saturated carbocycles. The van der Waals surface area contributed by atoms with Gasteiger partial charge >= 0.3 is 0 Å². The van der Waals surface area contributed by atoms with Gasteiger partial charge in [-0.15, -0.1) is 10.2 Å². The lowest BCUT2D eigenvalue weighted by Crippen LogP contribution is -2.25. The molecule has 0 radical (unpaired) electrons. The predicted molar refractivity (Wildman–Crippen MR) is 64.5 cm³/mol. The number of H-pyrrole nitrogens is 1. The molecule has 0 bridgehead atoms. The summed E-state index contributed by atoms with van der Waals surface area (Å²) < 4.78 is 1.83. The Morgan fingerprint density at radius 2 is 2.44 bits per heavy atom. The van der Waals surface area contributed by atoms with Crippen molar-refractivity contribution < 1.29 is 4.79 Å². The van der Waals surface area contributed by atoms with Crippen LogP contribution in [0.5, 0.6) is 0 Å². The van der Waals surface area contributed by atoms with Crippen LogP contribution in [0.2, 0.25) is 0 Å². The smallest absolute Gasteiger partial charge is 0.268 e. The number of carbonyl (C=O) groups excluding carboxylic acids is 1. The zero-order chi connectivity index (χ0) is 13.0. The molecule has 0 spiro atoms. The monoisotopic (exact) mass is 249 g/mol. The SMILES string of the molecule is CCCn1cc(N)cc1C(=O)NCc1nn[nH]n1. The summed E-state index contributed by atoms with van der Waals surface area (Å²) >= 11 is 0. The average Bonchev–Trinajstić information content (AvgIpc) is 2.96. The van der Waals surface area contributed by atoms with Gasteiger partial charge in [-0.25, -0.2) is 0 Å². The van der Waals surface area contributed by atoms with E-state index in [1.165, 1.54) is 0 Å². The molecule has 0 aliphatic carbocycles. The molecular weight excluding hydrogens is 234 g/mol. The van der Waals surface area contributed by atoms with Gasteiger partial charge in [-0.1, -0.05) is 12.1 Å². The summed E-state index contributed by atoms with van der Waals surface area (Å²) in [6.07, 6.45) is 2.69. The maximum absolute atomic E-state index is 12.0. The summed E-state index contributed by atoms with van der Waals surface area (Å²) in [5.74, 6) is 0.231. The Labute approximate surface area is 104 Å². The van der Waals surface area contributed by atoms with Crippen molar-refractivity contribution in [2.75, 3.05) is 5.73 Å². The molecule has 1 amide bonds. The maximum atomic E-state index is 12.0. The van der Waals surface area contributed by atoms with Crippen molar-refractivity contribution >= 4 is 11.6 Å². The molecule has 0 saturated heterocycles. The van der Waals surface area contributed by atoms with E-state index in [9.17, 15) is 4.79 Å². The molecular formula is C10H15N7O. The number of carbonyl (C=O) groups is 1. The van der Waals surface area contributed by atoms with Gasteiger partial charge in [-0.2, -0.15) is 5.21 Å². The fraction of sp³-hybridized carbons (Fsp3) is 0.400. The van der Waals surface area contributed by atoms with Crippen molar-refractivity contribution in [1.82, 2.24) is 30.5 Å². The van der Waals surface area contributed by atoms with Crippen LogP contribution in [0.3, 0.4) is 0 Å². The third-order valence-corrected chi connectivity index (χ3v) is 2.41. The Balaban J connectivity index is 2.03. The fourth-order valence-electron chi connectivity index (χ4n) is 1.66. The number of anilines is 1. The first-order chi connectivity index (χ1) is 8.70. The number of hydrogen-bond donors (Lipinski definition) is 3. The Kier molecular flexibility index (Phi) is 3.56. The first-order valence-corrected chi connectivity index (χ1v) is 5.67. The van der Waals surface area contributed by atoms with Crippen LogP contribution < -0.4 is 11.1 Å². The predicted octanol–water partition coefficient (Wildman–Crippen LogP) is -0.0766. The van der Waals surface area contributed by atoms with Crippen LogP contribution in [-0.2, 0) is 13.1 Å². The van der Waals surface area contributed by atoms with Gasteiger partial charge in [0, 0.05) is 12.7 Å². The minimum absolute atomic E-state index is 0.204. The lowest BCUT2D eigenvalue weighted by molar-refractivity contribution is 0.0940. The van der Waals surface area contributed by atoms with E-state index in [-0.39, 0.29) is 12.5 Å². The van der Waals surface area contributed by atoms with Crippen molar-refractivity contribution in [1.29, 1.82) is 0 Å². The molecule has 2 rings (SSSR count). The van der Waals surface area contributed by atoms with Crippen molar-refractivity contribution in [2.45, 2.75) is 26.4 Å². The zero-order valence-electron chi connectivity index (χ0n) is 10.1. The number of aromatic nitrogens is 5. The van der Waals surface area contributed by atoms with E-state index in [1.54, 1.807) is 12.3 Å². The van der Waals surface area contributed by atoms with Crippen LogP contribution in [0.4, 0.5) is 5.69 Å². The highest BCUT2D eigenvalue weighted by Crippen LogP contribution is 2.11. The molecule has 0 unspecified atom stereocenters. The molecule has 96 valence electrons. The highest BCUT2D eigenvalue weighted by molar-refractivity contribution is 5.93. The third kappa shape index (κ3) is 2.65. The molecule has 2 aromatic rings. The second kappa shape index (κ2) is 5.30. The number of rotatable bonds is 5. The minimum Gasteiger partial charge on any atom is -0.397 e. The largest absolute Gasteiger partial charge is 0.397 e. The van der Waals surface area contributed by atoms with Crippen LogP contribution in [0.1, 0.15) is 29.7 Å². The van der Waals surface area contributed by atoms with E-state index in [0.29, 0.717) is 17.2 Å². The molecule has 4 N–H and O–H groups in total. The number of aromatic amines is 1. The van der Waals surface area contributed by atoms with Gasteiger partial charge in [-0.05, 0) is 12.5 Å². The van der Waals surface area contributed by atoms with Crippen molar-refractivity contribution in [3.05, 3.63) is 23.8 Å². The molecule has 0 fully saturated rings. The molecule has 2 heterocycles. The number of hydrogen-bond acceptors (Lipinski definition) is 5. The highest BCUT2D eigenvalue weighted by atomic mass is 16.1. The summed E-state index contributed by atoms with van der Waals surface area (Å²) in [5.41, 5.74) is 6.81. The van der Waals surface area contributed by atoms with Gasteiger partial charge in [0.15, 0.2) is 5.82 Å². The van der Waals surface area contributed by atoms with Crippen molar-refractivity contribution in [3.8, 4) is 0 Å². The number of nitrogens with two attached hydrogens (primary N) is 1. The molecule has 0 aromatic carbocycles. The van der Waals surface area contributed by atoms with Crippen molar-refractivity contribution in [3.63, 3.8) is 0 Å². The van der Waals surface area contributed by atoms with Gasteiger partial charge in [-0.3, -0.25) is 4.79 Å². The molecule has 2 aromatic heterocycles. The van der Waals surface area contributed by atoms with E-state index in [2.05, 4.69) is 25.9 Å². The lowest BCUT2D eigenvalue weighted by Gasteiger charge is -2.07. The summed E-state index contributed by atoms with van der Waals surface area (Å²) in [6, 6.07) is 1.65. The first-order valence-electron chi connectivity index (χ1n) is 5.67. The Morgan fingerprint density at radius 1 is 1.61 bits per heavy atom. The van der Waals surface area contributed by atoms with Gasteiger partial charge in [0.1, 0.15) is 5.69 Å². The summed E-state index contributed by atoms with van der Waals surface area (Å²) in [7, 11) is 0. The maximum Gasteiger partial charge on any atom is 0.268 e. The third-order valence-electron chi connectivity index (χ3n) is 2.41. The second-order valence-corrected chi connectivity index (χ2v) is 3.86. The standard InChI is InChI=1S/C10H15N7O/c1-2-3-17-6-7(11)4-8(17)10(18)12-5-9-13-15-16-14-9/h4,6H,2-3,5,11H2,1H3,(H,12,18)(H,13,14,15,16). The van der Waals surface area contributed by atoms with Gasteiger partial charge in [0.2, 0.25) is 0 Å². The number of amides is 1. The number of nitrogen functional groups attached to an aromatic ring is 1. The fourth-order valence-corrected chi connectivity index (χ4v) is 1.66. The van der Waals surface area contributed by atoms with E-state index in [4.69, 9.17) is 5.73 Å². The topological polar surface area (TPSA) is 115 Å². The number of nitrogens with zero attached hydrogens (tertiary/aromatic N) is 4. The highest BCUT2D eigenvalue weighted by Gasteiger charge is 2.12. The molecule has 0 aliphatic rings. The summed E-state index contributed by atoms with van der Waals surface area (Å²) in [5, 5.41) is 16.0. The van der Waals surface area contributed by atoms with Crippen LogP contribution in [0, 0.1) is 0 Å². The van der Waals surface area contributed by atoms with Crippen LogP contribution in [0.25, 0.3) is 0 Å². The lowest BCUT2D eigenvalue weighted by atomic mass is 10.3. The van der Waals surface area contributed by atoms with Crippen LogP contribution >= 0.6 is 0 Å². The van der Waals surface area contributed by atoms with Gasteiger partial charge in [0.25, 0.3) is 5.91 Å². The number of aryl methyl sites for hydroxylation is 1. The molecule has 0 atom stereocenters. The summed E-state index contributed by atoms with van der Waals surface area (Å²) in [4.78, 5) is 12.0. The summed E-state index contributed by atoms with van der Waals surface area (Å²) in [6.45, 7) is 3.02. The van der Waals surface area contributed by atoms with E-state index >= 15 is 0 Å². The normalized spacial score (nSPS) is 10.5. The Bertz CT molecular complexity index is 516. The quantitative estimate of drug-likeness (QED) is 0.685. The van der Waals surface area contributed by atoms with Crippen molar-refractivity contribution in [2.24, 2.45) is 0 Å². The first kappa shape index (κ1) is 12.1. The molecule has 0 aliphatic heterocycles. The van der Waals surface area contributed by atoms with Gasteiger partial charge in [0.05, 0.1) is 12.2 Å². The molecule has 18 heavy (non-hydrogen) atoms. The Morgan fingerprint density at radius 3 is 3.11 bits per heavy atom. The second-order valence-electron chi connectivity index (χ2n) is 3.86. The minimum atomic E-state index is -0.204. The Hall–Kier alpha value is -2.38. The number of tetrazole rings is 1. The number of nitrogens with one attached hydrogen (secondary N) is 2. The average molecular weight is 249 g/mol. The van der Waals surface area contributed by atoms with Gasteiger partial charge < -0.3 is 15.6 Å².